The van der Waals surface area contributed by atoms with Crippen LogP contribution in [-0.4, -0.2) is 17.3 Å². The van der Waals surface area contributed by atoms with Gasteiger partial charge in [-0.2, -0.15) is 0 Å². The predicted octanol–water partition coefficient (Wildman–Crippen LogP) is 1.28. The molecule has 0 fully saturated rings. The third kappa shape index (κ3) is 3.32. The van der Waals surface area contributed by atoms with Gasteiger partial charge in [-0.15, -0.1) is 0 Å². The number of pyridine rings is 1. The minimum atomic E-state index is 0.0529. The fourth-order valence-electron chi connectivity index (χ4n) is 1.37. The summed E-state index contributed by atoms with van der Waals surface area (Å²) in [5.41, 5.74) is 12.5. The van der Waals surface area contributed by atoms with Crippen LogP contribution in [0.2, 0.25) is 0 Å². The smallest absolute Gasteiger partial charge is 0.166 e. The highest BCUT2D eigenvalue weighted by molar-refractivity contribution is 6.00. The summed E-state index contributed by atoms with van der Waals surface area (Å²) in [4.78, 5) is 15.7. The molecule has 0 aliphatic carbocycles. The Morgan fingerprint density at radius 3 is 2.87 bits per heavy atom. The number of unbranched alkanes of at least 4 members (excludes halogenated alkanes) is 1. The number of rotatable bonds is 5. The van der Waals surface area contributed by atoms with Crippen LogP contribution in [0.1, 0.15) is 35.2 Å². The van der Waals surface area contributed by atoms with E-state index in [0.717, 1.165) is 18.4 Å². The van der Waals surface area contributed by atoms with Crippen LogP contribution < -0.4 is 11.5 Å². The van der Waals surface area contributed by atoms with Gasteiger partial charge in [-0.25, -0.2) is 4.98 Å². The minimum absolute atomic E-state index is 0.0529. The molecule has 0 amide bonds. The highest BCUT2D eigenvalue weighted by atomic mass is 16.1. The van der Waals surface area contributed by atoms with E-state index in [0.29, 0.717) is 24.3 Å². The maximum absolute atomic E-state index is 11.7. The minimum Gasteiger partial charge on any atom is -0.383 e. The number of anilines is 1. The number of ketones is 1. The highest BCUT2D eigenvalue weighted by Gasteiger charge is 2.10. The van der Waals surface area contributed by atoms with E-state index in [1.165, 1.54) is 0 Å². The van der Waals surface area contributed by atoms with Crippen LogP contribution in [0.5, 0.6) is 0 Å². The molecule has 0 aliphatic heterocycles. The number of carbonyl (C=O) groups excluding carboxylic acids is 1. The summed E-state index contributed by atoms with van der Waals surface area (Å²) in [5, 5.41) is 0. The van der Waals surface area contributed by atoms with Crippen molar-refractivity contribution in [3.63, 3.8) is 0 Å². The molecule has 0 radical (unpaired) electrons. The second-order valence-electron chi connectivity index (χ2n) is 3.61. The molecule has 0 spiro atoms. The van der Waals surface area contributed by atoms with Crippen molar-refractivity contribution in [3.8, 4) is 0 Å². The number of aromatic nitrogens is 1. The van der Waals surface area contributed by atoms with Crippen molar-refractivity contribution in [1.29, 1.82) is 0 Å². The van der Waals surface area contributed by atoms with E-state index in [1.807, 2.05) is 6.92 Å². The van der Waals surface area contributed by atoms with Crippen LogP contribution in [0.15, 0.2) is 12.3 Å². The molecule has 1 heterocycles. The predicted molar refractivity (Wildman–Crippen MR) is 60.6 cm³/mol. The van der Waals surface area contributed by atoms with E-state index < -0.39 is 0 Å². The summed E-state index contributed by atoms with van der Waals surface area (Å²) in [6, 6.07) is 1.78. The van der Waals surface area contributed by atoms with Gasteiger partial charge in [0.1, 0.15) is 5.82 Å². The van der Waals surface area contributed by atoms with Crippen LogP contribution in [0.25, 0.3) is 0 Å². The maximum atomic E-state index is 11.7. The second kappa shape index (κ2) is 5.46. The molecule has 1 aromatic rings. The number of hydrogen-bond acceptors (Lipinski definition) is 4. The van der Waals surface area contributed by atoms with E-state index in [-0.39, 0.29) is 5.78 Å². The number of nitrogen functional groups attached to an aromatic ring is 1. The molecule has 4 N–H and O–H groups in total. The quantitative estimate of drug-likeness (QED) is 0.563. The van der Waals surface area contributed by atoms with Crippen LogP contribution in [-0.2, 0) is 0 Å². The van der Waals surface area contributed by atoms with Gasteiger partial charge < -0.3 is 11.5 Å². The molecule has 0 saturated heterocycles. The van der Waals surface area contributed by atoms with E-state index in [2.05, 4.69) is 4.98 Å². The van der Waals surface area contributed by atoms with Gasteiger partial charge in [0.15, 0.2) is 5.78 Å². The molecule has 0 bridgehead atoms. The van der Waals surface area contributed by atoms with Gasteiger partial charge in [0, 0.05) is 12.6 Å². The standard InChI is InChI=1S/C11H17N3O/c1-8-6-9(11(13)14-7-8)10(15)4-2-3-5-12/h6-7H,2-5,12H2,1H3,(H2,13,14). The van der Waals surface area contributed by atoms with Gasteiger partial charge >= 0.3 is 0 Å². The Hall–Kier alpha value is -1.42. The first-order valence-electron chi connectivity index (χ1n) is 5.10. The molecule has 1 aromatic heterocycles. The SMILES string of the molecule is Cc1cnc(N)c(C(=O)CCCCN)c1. The molecule has 15 heavy (non-hydrogen) atoms. The zero-order valence-corrected chi connectivity index (χ0v) is 8.99. The Bertz CT molecular complexity index is 350. The Morgan fingerprint density at radius 2 is 2.20 bits per heavy atom. The number of Topliss-reactive ketones (excluding diaryl/α,β-unsaturated/α-hetero) is 1. The Morgan fingerprint density at radius 1 is 1.47 bits per heavy atom. The van der Waals surface area contributed by atoms with Crippen molar-refractivity contribution < 1.29 is 4.79 Å². The number of carbonyl (C=O) groups is 1. The number of nitrogens with two attached hydrogens (primary N) is 2. The lowest BCUT2D eigenvalue weighted by molar-refractivity contribution is 0.0980. The van der Waals surface area contributed by atoms with Crippen LogP contribution in [0.3, 0.4) is 0 Å². The second-order valence-corrected chi connectivity index (χ2v) is 3.61. The molecule has 82 valence electrons. The van der Waals surface area contributed by atoms with E-state index in [4.69, 9.17) is 11.5 Å². The lowest BCUT2D eigenvalue weighted by atomic mass is 10.0. The van der Waals surface area contributed by atoms with Crippen molar-refractivity contribution in [1.82, 2.24) is 4.98 Å². The summed E-state index contributed by atoms with van der Waals surface area (Å²) in [5.74, 6) is 0.371. The van der Waals surface area contributed by atoms with Gasteiger partial charge in [-0.05, 0) is 37.9 Å². The fourth-order valence-corrected chi connectivity index (χ4v) is 1.37. The van der Waals surface area contributed by atoms with Crippen molar-refractivity contribution in [3.05, 3.63) is 23.4 Å². The van der Waals surface area contributed by atoms with Crippen molar-refractivity contribution >= 4 is 11.6 Å². The van der Waals surface area contributed by atoms with Crippen molar-refractivity contribution in [2.24, 2.45) is 5.73 Å². The summed E-state index contributed by atoms with van der Waals surface area (Å²) in [6.07, 6.45) is 3.83. The van der Waals surface area contributed by atoms with E-state index in [1.54, 1.807) is 12.3 Å². The van der Waals surface area contributed by atoms with Gasteiger partial charge in [-0.3, -0.25) is 4.79 Å². The highest BCUT2D eigenvalue weighted by Crippen LogP contribution is 2.14. The molecule has 0 unspecified atom stereocenters. The number of hydrogen-bond donors (Lipinski definition) is 2. The number of aryl methyl sites for hydroxylation is 1. The zero-order valence-electron chi connectivity index (χ0n) is 8.99. The van der Waals surface area contributed by atoms with E-state index >= 15 is 0 Å². The molecule has 0 atom stereocenters. The topological polar surface area (TPSA) is 82.0 Å². The first-order valence-corrected chi connectivity index (χ1v) is 5.10. The molecule has 1 rings (SSSR count). The zero-order chi connectivity index (χ0) is 11.3. The lowest BCUT2D eigenvalue weighted by Crippen LogP contribution is -2.07. The molecule has 0 aromatic carbocycles. The summed E-state index contributed by atoms with van der Waals surface area (Å²) < 4.78 is 0. The first-order chi connectivity index (χ1) is 7.15. The van der Waals surface area contributed by atoms with Crippen LogP contribution in [0, 0.1) is 6.92 Å². The van der Waals surface area contributed by atoms with Crippen molar-refractivity contribution in [2.75, 3.05) is 12.3 Å². The lowest BCUT2D eigenvalue weighted by Gasteiger charge is -2.04. The summed E-state index contributed by atoms with van der Waals surface area (Å²) in [6.45, 7) is 2.51. The first kappa shape index (κ1) is 11.7. The van der Waals surface area contributed by atoms with Crippen molar-refractivity contribution in [2.45, 2.75) is 26.2 Å². The Kier molecular flexibility index (Phi) is 4.24. The van der Waals surface area contributed by atoms with Gasteiger partial charge in [0.05, 0.1) is 5.56 Å². The monoisotopic (exact) mass is 207 g/mol. The average Bonchev–Trinajstić information content (AvgIpc) is 2.22. The molecular formula is C11H17N3O. The molecule has 0 saturated carbocycles. The number of nitrogens with zero attached hydrogens (tertiary/aromatic N) is 1. The largest absolute Gasteiger partial charge is 0.383 e. The average molecular weight is 207 g/mol. The Balaban J connectivity index is 2.68. The fraction of sp³-hybridized carbons (Fsp3) is 0.455. The molecule has 0 aliphatic rings. The third-order valence-corrected chi connectivity index (χ3v) is 2.21. The maximum Gasteiger partial charge on any atom is 0.166 e. The molecule has 4 heteroatoms. The normalized spacial score (nSPS) is 10.3. The molecular weight excluding hydrogens is 190 g/mol. The summed E-state index contributed by atoms with van der Waals surface area (Å²) in [7, 11) is 0. The summed E-state index contributed by atoms with van der Waals surface area (Å²) >= 11 is 0. The van der Waals surface area contributed by atoms with Crippen LogP contribution >= 0.6 is 0 Å². The van der Waals surface area contributed by atoms with E-state index in [9.17, 15) is 4.79 Å². The van der Waals surface area contributed by atoms with Gasteiger partial charge in [0.2, 0.25) is 0 Å². The van der Waals surface area contributed by atoms with Gasteiger partial charge in [-0.1, -0.05) is 0 Å². The molecule has 4 nitrogen and oxygen atoms in total. The third-order valence-electron chi connectivity index (χ3n) is 2.21. The van der Waals surface area contributed by atoms with Crippen LogP contribution in [0.4, 0.5) is 5.82 Å². The van der Waals surface area contributed by atoms with Gasteiger partial charge in [0.25, 0.3) is 0 Å². The Labute approximate surface area is 89.7 Å².